The molecule has 0 spiro atoms. The van der Waals surface area contributed by atoms with Crippen LogP contribution in [0.15, 0.2) is 40.8 Å². The zero-order chi connectivity index (χ0) is 24.1. The lowest BCUT2D eigenvalue weighted by molar-refractivity contribution is 0.0713. The van der Waals surface area contributed by atoms with Crippen LogP contribution in [0.1, 0.15) is 49.9 Å². The smallest absolute Gasteiger partial charge is 0.254 e. The van der Waals surface area contributed by atoms with E-state index in [9.17, 15) is 4.79 Å². The maximum atomic E-state index is 13.6. The number of halogens is 1. The van der Waals surface area contributed by atoms with Crippen molar-refractivity contribution in [2.45, 2.75) is 46.2 Å². The molecule has 4 rings (SSSR count). The number of aromatic nitrogens is 2. The summed E-state index contributed by atoms with van der Waals surface area (Å²) in [4.78, 5) is 15.4. The summed E-state index contributed by atoms with van der Waals surface area (Å²) < 4.78 is 23.2. The Balaban J connectivity index is 1.60. The Labute approximate surface area is 203 Å². The first-order chi connectivity index (χ1) is 16.5. The summed E-state index contributed by atoms with van der Waals surface area (Å²) in [6.45, 7) is 7.20. The first kappa shape index (κ1) is 23.9. The Morgan fingerprint density at radius 3 is 2.18 bits per heavy atom. The lowest BCUT2D eigenvalue weighted by atomic mass is 10.1. The highest BCUT2D eigenvalue weighted by molar-refractivity contribution is 6.30. The Bertz CT molecular complexity index is 1100. The van der Waals surface area contributed by atoms with Gasteiger partial charge in [-0.15, -0.1) is 10.2 Å². The second-order valence-electron chi connectivity index (χ2n) is 7.77. The van der Waals surface area contributed by atoms with Gasteiger partial charge in [-0.25, -0.2) is 0 Å². The minimum Gasteiger partial charge on any atom is -0.490 e. The summed E-state index contributed by atoms with van der Waals surface area (Å²) >= 11 is 5.96. The van der Waals surface area contributed by atoms with Gasteiger partial charge >= 0.3 is 0 Å². The SMILES string of the molecule is CCOc1cc(C(=O)N(Cc2nnc(-c3ccc(Cl)cc3)o2)C2CC2)cc(OCC)c1OCC. The van der Waals surface area contributed by atoms with Crippen molar-refractivity contribution in [3.8, 4) is 28.7 Å². The summed E-state index contributed by atoms with van der Waals surface area (Å²) in [5, 5.41) is 8.92. The van der Waals surface area contributed by atoms with Crippen LogP contribution in [0.4, 0.5) is 0 Å². The van der Waals surface area contributed by atoms with E-state index in [1.807, 2.05) is 32.9 Å². The number of hydrogen-bond donors (Lipinski definition) is 0. The third-order valence-corrected chi connectivity index (χ3v) is 5.52. The number of ether oxygens (including phenoxy) is 3. The Morgan fingerprint density at radius 2 is 1.62 bits per heavy atom. The number of carbonyl (C=O) groups is 1. The molecule has 0 radical (unpaired) electrons. The van der Waals surface area contributed by atoms with Gasteiger partial charge in [0.1, 0.15) is 0 Å². The summed E-state index contributed by atoms with van der Waals surface area (Å²) in [6.07, 6.45) is 1.86. The van der Waals surface area contributed by atoms with Crippen LogP contribution in [0.5, 0.6) is 17.2 Å². The van der Waals surface area contributed by atoms with Crippen LogP contribution >= 0.6 is 11.6 Å². The second kappa shape index (κ2) is 10.8. The van der Waals surface area contributed by atoms with Gasteiger partial charge in [0.2, 0.25) is 17.5 Å². The molecule has 1 aliphatic carbocycles. The van der Waals surface area contributed by atoms with E-state index in [0.717, 1.165) is 18.4 Å². The maximum absolute atomic E-state index is 13.6. The van der Waals surface area contributed by atoms with Crippen molar-refractivity contribution in [2.24, 2.45) is 0 Å². The molecule has 1 aromatic heterocycles. The lowest BCUT2D eigenvalue weighted by Gasteiger charge is -2.22. The molecule has 1 saturated carbocycles. The zero-order valence-electron chi connectivity index (χ0n) is 19.5. The summed E-state index contributed by atoms with van der Waals surface area (Å²) in [6, 6.07) is 10.7. The predicted octanol–water partition coefficient (Wildman–Crippen LogP) is 5.39. The number of amides is 1. The van der Waals surface area contributed by atoms with Gasteiger partial charge in [-0.3, -0.25) is 4.79 Å². The van der Waals surface area contributed by atoms with Crippen LogP contribution < -0.4 is 14.2 Å². The van der Waals surface area contributed by atoms with Crippen LogP contribution in [-0.2, 0) is 6.54 Å². The van der Waals surface area contributed by atoms with E-state index in [-0.39, 0.29) is 18.5 Å². The first-order valence-electron chi connectivity index (χ1n) is 11.5. The summed E-state index contributed by atoms with van der Waals surface area (Å²) in [5.41, 5.74) is 1.22. The molecule has 2 aromatic carbocycles. The van der Waals surface area contributed by atoms with Crippen molar-refractivity contribution in [3.63, 3.8) is 0 Å². The standard InChI is InChI=1S/C25H28ClN3O5/c1-4-31-20-13-17(14-21(32-5-2)23(20)33-6-3)25(30)29(19-11-12-19)15-22-27-28-24(34-22)16-7-9-18(26)10-8-16/h7-10,13-14,19H,4-6,11-12,15H2,1-3H3. The molecule has 0 unspecified atom stereocenters. The minimum absolute atomic E-state index is 0.121. The predicted molar refractivity (Wildman–Crippen MR) is 128 cm³/mol. The van der Waals surface area contributed by atoms with Gasteiger partial charge in [-0.1, -0.05) is 11.6 Å². The van der Waals surface area contributed by atoms with Gasteiger partial charge in [0.25, 0.3) is 5.91 Å². The number of nitrogens with zero attached hydrogens (tertiary/aromatic N) is 3. The highest BCUT2D eigenvalue weighted by Crippen LogP contribution is 2.40. The molecule has 3 aromatic rings. The topological polar surface area (TPSA) is 86.9 Å². The highest BCUT2D eigenvalue weighted by atomic mass is 35.5. The second-order valence-corrected chi connectivity index (χ2v) is 8.21. The summed E-state index contributed by atoms with van der Waals surface area (Å²) in [7, 11) is 0. The third-order valence-electron chi connectivity index (χ3n) is 5.27. The van der Waals surface area contributed by atoms with Crippen LogP contribution in [0, 0.1) is 0 Å². The van der Waals surface area contributed by atoms with Crippen molar-refractivity contribution in [1.82, 2.24) is 15.1 Å². The van der Waals surface area contributed by atoms with Crippen LogP contribution in [0.25, 0.3) is 11.5 Å². The maximum Gasteiger partial charge on any atom is 0.254 e. The van der Waals surface area contributed by atoms with Gasteiger partial charge < -0.3 is 23.5 Å². The fourth-order valence-corrected chi connectivity index (χ4v) is 3.73. The van der Waals surface area contributed by atoms with Crippen molar-refractivity contribution in [1.29, 1.82) is 0 Å². The summed E-state index contributed by atoms with van der Waals surface area (Å²) in [5.74, 6) is 2.07. The van der Waals surface area contributed by atoms with Gasteiger partial charge in [0.05, 0.1) is 26.4 Å². The van der Waals surface area contributed by atoms with E-state index in [4.69, 9.17) is 30.2 Å². The highest BCUT2D eigenvalue weighted by Gasteiger charge is 2.35. The van der Waals surface area contributed by atoms with E-state index in [0.29, 0.717) is 59.4 Å². The fraction of sp³-hybridized carbons (Fsp3) is 0.400. The minimum atomic E-state index is -0.154. The molecule has 8 nitrogen and oxygen atoms in total. The van der Waals surface area contributed by atoms with Gasteiger partial charge in [0.15, 0.2) is 11.5 Å². The van der Waals surface area contributed by atoms with Crippen LogP contribution in [0.3, 0.4) is 0 Å². The van der Waals surface area contributed by atoms with Crippen LogP contribution in [0.2, 0.25) is 5.02 Å². The van der Waals surface area contributed by atoms with Crippen molar-refractivity contribution in [2.75, 3.05) is 19.8 Å². The normalized spacial score (nSPS) is 12.9. The zero-order valence-corrected chi connectivity index (χ0v) is 20.3. The van der Waals surface area contributed by atoms with Crippen molar-refractivity contribution >= 4 is 17.5 Å². The quantitative estimate of drug-likeness (QED) is 0.359. The van der Waals surface area contributed by atoms with Crippen LogP contribution in [-0.4, -0.2) is 46.9 Å². The molecule has 0 aliphatic heterocycles. The number of benzene rings is 2. The van der Waals surface area contributed by atoms with E-state index in [2.05, 4.69) is 10.2 Å². The molecule has 0 N–H and O–H groups in total. The van der Waals surface area contributed by atoms with E-state index in [1.165, 1.54) is 0 Å². The Kier molecular flexibility index (Phi) is 7.57. The molecular weight excluding hydrogens is 458 g/mol. The number of rotatable bonds is 11. The molecule has 1 heterocycles. The van der Waals surface area contributed by atoms with Crippen molar-refractivity contribution in [3.05, 3.63) is 52.9 Å². The fourth-order valence-electron chi connectivity index (χ4n) is 3.60. The molecule has 180 valence electrons. The Morgan fingerprint density at radius 1 is 1.00 bits per heavy atom. The largest absolute Gasteiger partial charge is 0.490 e. The Hall–Kier alpha value is -3.26. The molecule has 0 bridgehead atoms. The van der Waals surface area contributed by atoms with E-state index >= 15 is 0 Å². The van der Waals surface area contributed by atoms with E-state index < -0.39 is 0 Å². The monoisotopic (exact) mass is 485 g/mol. The molecule has 0 saturated heterocycles. The number of hydrogen-bond acceptors (Lipinski definition) is 7. The van der Waals surface area contributed by atoms with Crippen molar-refractivity contribution < 1.29 is 23.4 Å². The third kappa shape index (κ3) is 5.44. The van der Waals surface area contributed by atoms with Gasteiger partial charge in [0, 0.05) is 22.2 Å². The molecule has 34 heavy (non-hydrogen) atoms. The molecule has 9 heteroatoms. The van der Waals surface area contributed by atoms with E-state index in [1.54, 1.807) is 29.2 Å². The lowest BCUT2D eigenvalue weighted by Crippen LogP contribution is -2.32. The molecule has 1 fully saturated rings. The van der Waals surface area contributed by atoms with Gasteiger partial charge in [-0.2, -0.15) is 0 Å². The number of carbonyl (C=O) groups excluding carboxylic acids is 1. The average Bonchev–Trinajstić information content (AvgIpc) is 3.57. The first-order valence-corrected chi connectivity index (χ1v) is 11.9. The molecule has 1 aliphatic rings. The molecular formula is C25H28ClN3O5. The average molecular weight is 486 g/mol. The van der Waals surface area contributed by atoms with Gasteiger partial charge in [-0.05, 0) is 70.0 Å². The molecule has 0 atom stereocenters. The molecule has 1 amide bonds.